The van der Waals surface area contributed by atoms with E-state index in [2.05, 4.69) is 11.8 Å². The van der Waals surface area contributed by atoms with E-state index in [9.17, 15) is 4.79 Å². The lowest BCUT2D eigenvalue weighted by molar-refractivity contribution is -0.135. The summed E-state index contributed by atoms with van der Waals surface area (Å²) in [6, 6.07) is 7.89. The van der Waals surface area contributed by atoms with Gasteiger partial charge in [0.2, 0.25) is 0 Å². The number of rotatable bonds is 1. The van der Waals surface area contributed by atoms with E-state index >= 15 is 0 Å². The van der Waals surface area contributed by atoms with E-state index in [0.717, 1.165) is 15.6 Å². The molecule has 2 nitrogen and oxygen atoms in total. The van der Waals surface area contributed by atoms with Crippen LogP contribution in [0.2, 0.25) is 0 Å². The van der Waals surface area contributed by atoms with Crippen molar-refractivity contribution in [3.05, 3.63) is 35.2 Å². The fraction of sp³-hybridized carbons (Fsp3) is 0.0833. The third-order valence-corrected chi connectivity index (χ3v) is 2.91. The quantitative estimate of drug-likeness (QED) is 0.744. The van der Waals surface area contributed by atoms with Gasteiger partial charge < -0.3 is 5.11 Å². The van der Waals surface area contributed by atoms with Crippen LogP contribution in [0.1, 0.15) is 12.0 Å². The van der Waals surface area contributed by atoms with Crippen molar-refractivity contribution in [1.82, 2.24) is 0 Å². The van der Waals surface area contributed by atoms with Crippen molar-refractivity contribution < 1.29 is 9.90 Å². The molecule has 0 unspecified atom stereocenters. The molecule has 74 valence electrons. The molecule has 0 aliphatic rings. The fourth-order valence-corrected chi connectivity index (χ4v) is 2.18. The molecule has 1 heterocycles. The van der Waals surface area contributed by atoms with Gasteiger partial charge in [0, 0.05) is 10.3 Å². The Kier molecular flexibility index (Phi) is 2.70. The maximum absolute atomic E-state index is 10.3. The summed E-state index contributed by atoms with van der Waals surface area (Å²) < 4.78 is 1.12. The Morgan fingerprint density at radius 1 is 1.40 bits per heavy atom. The van der Waals surface area contributed by atoms with Crippen LogP contribution < -0.4 is 0 Å². The van der Waals surface area contributed by atoms with Crippen molar-refractivity contribution in [3.8, 4) is 11.8 Å². The van der Waals surface area contributed by atoms with Gasteiger partial charge in [-0.05, 0) is 22.9 Å². The Morgan fingerprint density at radius 3 is 3.07 bits per heavy atom. The fourth-order valence-electron chi connectivity index (χ4n) is 1.31. The average molecular weight is 216 g/mol. The number of hydrogen-bond donors (Lipinski definition) is 1. The van der Waals surface area contributed by atoms with Gasteiger partial charge in [0.15, 0.2) is 0 Å². The zero-order chi connectivity index (χ0) is 10.7. The summed E-state index contributed by atoms with van der Waals surface area (Å²) in [5.41, 5.74) is 0.906. The maximum atomic E-state index is 10.3. The molecule has 0 spiro atoms. The first-order chi connectivity index (χ1) is 7.27. The summed E-state index contributed by atoms with van der Waals surface area (Å²) >= 11 is 1.62. The van der Waals surface area contributed by atoms with Crippen molar-refractivity contribution >= 4 is 27.4 Å². The van der Waals surface area contributed by atoms with Gasteiger partial charge in [-0.15, -0.1) is 11.3 Å². The molecule has 0 amide bonds. The molecule has 0 fully saturated rings. The molecular formula is C12H8O2S. The molecule has 15 heavy (non-hydrogen) atoms. The van der Waals surface area contributed by atoms with E-state index in [1.165, 1.54) is 0 Å². The number of benzene rings is 1. The molecule has 1 aromatic heterocycles. The van der Waals surface area contributed by atoms with Crippen molar-refractivity contribution in [2.75, 3.05) is 0 Å². The van der Waals surface area contributed by atoms with Crippen LogP contribution in [-0.4, -0.2) is 11.1 Å². The van der Waals surface area contributed by atoms with E-state index in [0.29, 0.717) is 0 Å². The lowest BCUT2D eigenvalue weighted by Gasteiger charge is -1.92. The van der Waals surface area contributed by atoms with Crippen LogP contribution in [0.5, 0.6) is 0 Å². The Bertz CT molecular complexity index is 557. The molecule has 2 aromatic rings. The number of carbonyl (C=O) groups is 1. The summed E-state index contributed by atoms with van der Waals surface area (Å²) in [7, 11) is 0. The molecule has 0 bridgehead atoms. The highest BCUT2D eigenvalue weighted by Crippen LogP contribution is 2.23. The lowest BCUT2D eigenvalue weighted by Crippen LogP contribution is -1.90. The first-order valence-corrected chi connectivity index (χ1v) is 5.32. The van der Waals surface area contributed by atoms with Crippen molar-refractivity contribution in [2.45, 2.75) is 6.42 Å². The lowest BCUT2D eigenvalue weighted by atomic mass is 10.2. The minimum atomic E-state index is -0.888. The topological polar surface area (TPSA) is 37.3 Å². The zero-order valence-electron chi connectivity index (χ0n) is 7.86. The van der Waals surface area contributed by atoms with E-state index in [-0.39, 0.29) is 6.42 Å². The van der Waals surface area contributed by atoms with Crippen LogP contribution in [-0.2, 0) is 4.79 Å². The molecule has 1 aromatic carbocycles. The monoisotopic (exact) mass is 216 g/mol. The van der Waals surface area contributed by atoms with Gasteiger partial charge in [0.05, 0.1) is 0 Å². The predicted octanol–water partition coefficient (Wildman–Crippen LogP) is 2.73. The second-order valence-corrected chi connectivity index (χ2v) is 3.93. The van der Waals surface area contributed by atoms with Gasteiger partial charge in [-0.2, -0.15) is 0 Å². The summed E-state index contributed by atoms with van der Waals surface area (Å²) in [5.74, 6) is 4.64. The van der Waals surface area contributed by atoms with Crippen molar-refractivity contribution in [2.24, 2.45) is 0 Å². The van der Waals surface area contributed by atoms with Crippen LogP contribution in [0.3, 0.4) is 0 Å². The second-order valence-electron chi connectivity index (χ2n) is 3.02. The number of carboxylic acid groups (broad SMARTS) is 1. The van der Waals surface area contributed by atoms with E-state index in [4.69, 9.17) is 5.11 Å². The highest BCUT2D eigenvalue weighted by atomic mass is 32.1. The molecule has 0 aliphatic carbocycles. The molecule has 0 atom stereocenters. The molecule has 0 saturated carbocycles. The first-order valence-electron chi connectivity index (χ1n) is 4.44. The number of aliphatic carboxylic acids is 1. The third kappa shape index (κ3) is 2.17. The molecule has 2 rings (SSSR count). The molecule has 0 aliphatic heterocycles. The van der Waals surface area contributed by atoms with Crippen LogP contribution in [0.15, 0.2) is 29.6 Å². The van der Waals surface area contributed by atoms with Crippen molar-refractivity contribution in [1.29, 1.82) is 0 Å². The first kappa shape index (κ1) is 9.75. The Labute approximate surface area is 91.2 Å². The van der Waals surface area contributed by atoms with Gasteiger partial charge in [-0.3, -0.25) is 4.79 Å². The summed E-state index contributed by atoms with van der Waals surface area (Å²) in [5, 5.41) is 11.6. The van der Waals surface area contributed by atoms with Crippen LogP contribution in [0.25, 0.3) is 10.1 Å². The normalized spacial score (nSPS) is 9.60. The number of carboxylic acids is 1. The van der Waals surface area contributed by atoms with Crippen LogP contribution in [0, 0.1) is 11.8 Å². The van der Waals surface area contributed by atoms with Crippen LogP contribution >= 0.6 is 11.3 Å². The smallest absolute Gasteiger partial charge is 0.315 e. The SMILES string of the molecule is O=C(O)CC#Cc1cccc2ccsc12. The maximum Gasteiger partial charge on any atom is 0.315 e. The van der Waals surface area contributed by atoms with Gasteiger partial charge in [-0.25, -0.2) is 0 Å². The largest absolute Gasteiger partial charge is 0.481 e. The highest BCUT2D eigenvalue weighted by molar-refractivity contribution is 7.17. The standard InChI is InChI=1S/C12H8O2S/c13-11(14)6-2-5-9-3-1-4-10-7-8-15-12(9)10/h1,3-4,7-8H,6H2,(H,13,14). The Morgan fingerprint density at radius 2 is 2.27 bits per heavy atom. The summed E-state index contributed by atoms with van der Waals surface area (Å²) in [4.78, 5) is 10.3. The second kappa shape index (κ2) is 4.16. The Balaban J connectivity index is 2.37. The summed E-state index contributed by atoms with van der Waals surface area (Å²) in [6.45, 7) is 0. The van der Waals surface area contributed by atoms with Crippen LogP contribution in [0.4, 0.5) is 0 Å². The van der Waals surface area contributed by atoms with E-state index in [1.807, 2.05) is 29.6 Å². The van der Waals surface area contributed by atoms with E-state index < -0.39 is 5.97 Å². The molecular weight excluding hydrogens is 208 g/mol. The molecule has 3 heteroatoms. The minimum Gasteiger partial charge on any atom is -0.481 e. The number of thiophene rings is 1. The van der Waals surface area contributed by atoms with Crippen molar-refractivity contribution in [3.63, 3.8) is 0 Å². The molecule has 0 saturated heterocycles. The van der Waals surface area contributed by atoms with Gasteiger partial charge in [0.25, 0.3) is 0 Å². The number of fused-ring (bicyclic) bond motifs is 1. The van der Waals surface area contributed by atoms with Gasteiger partial charge in [-0.1, -0.05) is 24.0 Å². The average Bonchev–Trinajstić information content (AvgIpc) is 2.65. The third-order valence-electron chi connectivity index (χ3n) is 1.94. The molecule has 1 N–H and O–H groups in total. The Hall–Kier alpha value is -1.79. The van der Waals surface area contributed by atoms with Gasteiger partial charge in [0.1, 0.15) is 6.42 Å². The number of hydrogen-bond acceptors (Lipinski definition) is 2. The van der Waals surface area contributed by atoms with E-state index in [1.54, 1.807) is 11.3 Å². The molecule has 0 radical (unpaired) electrons. The predicted molar refractivity (Wildman–Crippen MR) is 61.0 cm³/mol. The summed E-state index contributed by atoms with van der Waals surface area (Å²) in [6.07, 6.45) is -0.109. The highest BCUT2D eigenvalue weighted by Gasteiger charge is 1.98. The minimum absolute atomic E-state index is 0.109. The zero-order valence-corrected chi connectivity index (χ0v) is 8.67. The van der Waals surface area contributed by atoms with Gasteiger partial charge >= 0.3 is 5.97 Å².